The number of hydrogen-bond donors (Lipinski definition) is 3. The summed E-state index contributed by atoms with van der Waals surface area (Å²) in [6.45, 7) is 3.96. The van der Waals surface area contributed by atoms with Crippen LogP contribution in [0.4, 0.5) is 23.5 Å². The monoisotopic (exact) mass is 312 g/mol. The van der Waals surface area contributed by atoms with Gasteiger partial charge < -0.3 is 16.4 Å². The molecule has 0 spiro atoms. The Morgan fingerprint density at radius 2 is 1.75 bits per heavy atom. The highest BCUT2D eigenvalue weighted by atomic mass is 35.5. The fraction of sp³-hybridized carbons (Fsp3) is 0.250. The second kappa shape index (κ2) is 6.11. The minimum atomic E-state index is 0.130. The Balaban J connectivity index is 2.24. The van der Waals surface area contributed by atoms with Gasteiger partial charge >= 0.3 is 0 Å². The summed E-state index contributed by atoms with van der Waals surface area (Å²) in [7, 11) is 0. The molecule has 0 aliphatic rings. The van der Waals surface area contributed by atoms with Gasteiger partial charge in [0.2, 0.25) is 17.8 Å². The van der Waals surface area contributed by atoms with Crippen LogP contribution >= 0.6 is 23.2 Å². The van der Waals surface area contributed by atoms with E-state index in [-0.39, 0.29) is 12.0 Å². The van der Waals surface area contributed by atoms with Gasteiger partial charge in [-0.3, -0.25) is 0 Å². The maximum atomic E-state index is 5.95. The predicted molar refractivity (Wildman–Crippen MR) is 82.7 cm³/mol. The van der Waals surface area contributed by atoms with Gasteiger partial charge in [0.15, 0.2) is 0 Å². The molecule has 6 nitrogen and oxygen atoms in total. The molecular formula is C12H14Cl2N6. The van der Waals surface area contributed by atoms with Crippen molar-refractivity contribution >= 4 is 46.7 Å². The molecule has 0 radical (unpaired) electrons. The molecule has 8 heteroatoms. The van der Waals surface area contributed by atoms with Crippen LogP contribution in [0.3, 0.4) is 0 Å². The molecule has 0 saturated heterocycles. The predicted octanol–water partition coefficient (Wildman–Crippen LogP) is 3.32. The maximum absolute atomic E-state index is 5.95. The third kappa shape index (κ3) is 3.85. The van der Waals surface area contributed by atoms with E-state index < -0.39 is 0 Å². The van der Waals surface area contributed by atoms with Crippen molar-refractivity contribution in [3.63, 3.8) is 0 Å². The lowest BCUT2D eigenvalue weighted by atomic mass is 10.3. The molecular weight excluding hydrogens is 299 g/mol. The van der Waals surface area contributed by atoms with Crippen molar-refractivity contribution in [3.8, 4) is 0 Å². The van der Waals surface area contributed by atoms with Crippen molar-refractivity contribution < 1.29 is 0 Å². The van der Waals surface area contributed by atoms with E-state index in [0.29, 0.717) is 27.6 Å². The number of anilines is 4. The summed E-state index contributed by atoms with van der Waals surface area (Å²) >= 11 is 11.8. The van der Waals surface area contributed by atoms with Crippen LogP contribution in [0.5, 0.6) is 0 Å². The molecule has 0 amide bonds. The van der Waals surface area contributed by atoms with E-state index >= 15 is 0 Å². The van der Waals surface area contributed by atoms with E-state index in [0.717, 1.165) is 0 Å². The third-order valence-electron chi connectivity index (χ3n) is 2.25. The van der Waals surface area contributed by atoms with E-state index in [1.807, 2.05) is 13.8 Å². The van der Waals surface area contributed by atoms with Crippen LogP contribution in [-0.2, 0) is 0 Å². The van der Waals surface area contributed by atoms with Gasteiger partial charge in [0.25, 0.3) is 0 Å². The van der Waals surface area contributed by atoms with Gasteiger partial charge in [0.1, 0.15) is 0 Å². The lowest BCUT2D eigenvalue weighted by molar-refractivity contribution is 0.870. The van der Waals surface area contributed by atoms with E-state index in [4.69, 9.17) is 28.9 Å². The zero-order valence-corrected chi connectivity index (χ0v) is 12.5. The molecule has 0 aliphatic carbocycles. The molecule has 0 unspecified atom stereocenters. The van der Waals surface area contributed by atoms with Crippen molar-refractivity contribution in [3.05, 3.63) is 28.2 Å². The lowest BCUT2D eigenvalue weighted by Crippen LogP contribution is -2.15. The van der Waals surface area contributed by atoms with Crippen LogP contribution < -0.4 is 16.4 Å². The first-order chi connectivity index (χ1) is 9.44. The van der Waals surface area contributed by atoms with Crippen LogP contribution in [0.25, 0.3) is 0 Å². The molecule has 1 heterocycles. The minimum Gasteiger partial charge on any atom is -0.368 e. The number of nitrogens with zero attached hydrogens (tertiary/aromatic N) is 3. The normalized spacial score (nSPS) is 10.7. The van der Waals surface area contributed by atoms with Gasteiger partial charge in [-0.1, -0.05) is 23.2 Å². The summed E-state index contributed by atoms with van der Waals surface area (Å²) in [6.07, 6.45) is 0. The molecule has 0 fully saturated rings. The average molecular weight is 313 g/mol. The maximum Gasteiger partial charge on any atom is 0.233 e. The molecule has 4 N–H and O–H groups in total. The Bertz CT molecular complexity index is 617. The van der Waals surface area contributed by atoms with Crippen LogP contribution in [-0.4, -0.2) is 21.0 Å². The zero-order valence-electron chi connectivity index (χ0n) is 11.0. The molecule has 20 heavy (non-hydrogen) atoms. The summed E-state index contributed by atoms with van der Waals surface area (Å²) in [5.74, 6) is 0.875. The summed E-state index contributed by atoms with van der Waals surface area (Å²) in [5, 5.41) is 6.99. The molecule has 0 bridgehead atoms. The first-order valence-electron chi connectivity index (χ1n) is 5.94. The summed E-state index contributed by atoms with van der Waals surface area (Å²) in [6, 6.07) is 5.32. The highest BCUT2D eigenvalue weighted by Crippen LogP contribution is 2.26. The van der Waals surface area contributed by atoms with Gasteiger partial charge in [-0.05, 0) is 32.0 Å². The van der Waals surface area contributed by atoms with Crippen LogP contribution in [0.15, 0.2) is 18.2 Å². The first-order valence-corrected chi connectivity index (χ1v) is 6.70. The molecule has 2 rings (SSSR count). The van der Waals surface area contributed by atoms with E-state index in [9.17, 15) is 0 Å². The van der Waals surface area contributed by atoms with Crippen molar-refractivity contribution in [2.75, 3.05) is 16.4 Å². The fourth-order valence-corrected chi connectivity index (χ4v) is 1.77. The molecule has 0 atom stereocenters. The lowest BCUT2D eigenvalue weighted by Gasteiger charge is -2.11. The Labute approximate surface area is 126 Å². The minimum absolute atomic E-state index is 0.130. The molecule has 1 aromatic carbocycles. The number of benzene rings is 1. The number of halogens is 2. The summed E-state index contributed by atoms with van der Waals surface area (Å²) < 4.78 is 0. The van der Waals surface area contributed by atoms with Crippen molar-refractivity contribution in [2.24, 2.45) is 0 Å². The largest absolute Gasteiger partial charge is 0.368 e. The zero-order chi connectivity index (χ0) is 14.7. The molecule has 0 saturated carbocycles. The van der Waals surface area contributed by atoms with Crippen molar-refractivity contribution in [1.82, 2.24) is 15.0 Å². The number of aromatic nitrogens is 3. The van der Waals surface area contributed by atoms with Gasteiger partial charge in [-0.2, -0.15) is 15.0 Å². The first kappa shape index (κ1) is 14.6. The number of hydrogen-bond acceptors (Lipinski definition) is 6. The number of nitrogens with two attached hydrogens (primary N) is 1. The van der Waals surface area contributed by atoms with Gasteiger partial charge in [0, 0.05) is 11.7 Å². The van der Waals surface area contributed by atoms with Gasteiger partial charge in [-0.25, -0.2) is 0 Å². The Morgan fingerprint density at radius 1 is 1.05 bits per heavy atom. The Morgan fingerprint density at radius 3 is 2.40 bits per heavy atom. The highest BCUT2D eigenvalue weighted by Gasteiger charge is 2.07. The second-order valence-corrected chi connectivity index (χ2v) is 5.21. The van der Waals surface area contributed by atoms with E-state index in [2.05, 4.69) is 25.6 Å². The topological polar surface area (TPSA) is 88.8 Å². The van der Waals surface area contributed by atoms with Crippen LogP contribution in [0, 0.1) is 0 Å². The Hall–Kier alpha value is -1.79. The molecule has 2 aromatic rings. The summed E-state index contributed by atoms with van der Waals surface area (Å²) in [4.78, 5) is 12.2. The molecule has 1 aromatic heterocycles. The summed E-state index contributed by atoms with van der Waals surface area (Å²) in [5.41, 5.74) is 6.36. The third-order valence-corrected chi connectivity index (χ3v) is 2.99. The van der Waals surface area contributed by atoms with E-state index in [1.54, 1.807) is 18.2 Å². The smallest absolute Gasteiger partial charge is 0.233 e. The SMILES string of the molecule is CC(C)Nc1nc(N)nc(Nc2ccc(Cl)c(Cl)c2)n1. The highest BCUT2D eigenvalue weighted by molar-refractivity contribution is 6.42. The van der Waals surface area contributed by atoms with Crippen molar-refractivity contribution in [1.29, 1.82) is 0 Å². The fourth-order valence-electron chi connectivity index (χ4n) is 1.47. The van der Waals surface area contributed by atoms with Crippen LogP contribution in [0.1, 0.15) is 13.8 Å². The number of nitrogen functional groups attached to an aromatic ring is 1. The number of rotatable bonds is 4. The molecule has 0 aliphatic heterocycles. The molecule has 106 valence electrons. The second-order valence-electron chi connectivity index (χ2n) is 4.39. The number of nitrogens with one attached hydrogen (secondary N) is 2. The average Bonchev–Trinajstić information content (AvgIpc) is 2.32. The standard InChI is InChI=1S/C12H14Cl2N6/c1-6(2)16-11-18-10(15)19-12(20-11)17-7-3-4-8(13)9(14)5-7/h3-6H,1-2H3,(H4,15,16,17,18,19,20). The van der Waals surface area contributed by atoms with Gasteiger partial charge in [0.05, 0.1) is 10.0 Å². The van der Waals surface area contributed by atoms with Gasteiger partial charge in [-0.15, -0.1) is 0 Å². The van der Waals surface area contributed by atoms with Crippen molar-refractivity contribution in [2.45, 2.75) is 19.9 Å². The van der Waals surface area contributed by atoms with Crippen LogP contribution in [0.2, 0.25) is 10.0 Å². The van der Waals surface area contributed by atoms with E-state index in [1.165, 1.54) is 0 Å². The quantitative estimate of drug-likeness (QED) is 0.802. The Kier molecular flexibility index (Phi) is 4.46.